The summed E-state index contributed by atoms with van der Waals surface area (Å²) >= 11 is 0. The minimum atomic E-state index is -0.117. The predicted octanol–water partition coefficient (Wildman–Crippen LogP) is 0.940. The lowest BCUT2D eigenvalue weighted by atomic mass is 10.2. The number of ether oxygens (including phenoxy) is 1. The lowest BCUT2D eigenvalue weighted by Crippen LogP contribution is -2.50. The van der Waals surface area contributed by atoms with E-state index < -0.39 is 0 Å². The molecule has 1 N–H and O–H groups in total. The average molecular weight is 288 g/mol. The molecule has 2 aliphatic rings. The van der Waals surface area contributed by atoms with Crippen LogP contribution in [0.4, 0.5) is 0 Å². The van der Waals surface area contributed by atoms with Gasteiger partial charge in [0.1, 0.15) is 6.61 Å². The van der Waals surface area contributed by atoms with Crippen LogP contribution >= 0.6 is 0 Å². The van der Waals surface area contributed by atoms with E-state index in [0.29, 0.717) is 19.6 Å². The zero-order valence-corrected chi connectivity index (χ0v) is 12.0. The number of nitrogens with zero attached hydrogens (tertiary/aromatic N) is 1. The molecular weight excluding hydrogens is 268 g/mol. The molecule has 1 saturated heterocycles. The standard InChI is InChI=1S/C16H20N2O3/c19-15-11-21-14(8-17-16(20)13-6-7-13)10-18(15)9-12-4-2-1-3-5-12/h1-5,13-14H,6-11H2,(H,17,20). The van der Waals surface area contributed by atoms with Crippen LogP contribution in [0.1, 0.15) is 18.4 Å². The van der Waals surface area contributed by atoms with Gasteiger partial charge in [-0.25, -0.2) is 0 Å². The van der Waals surface area contributed by atoms with Crippen LogP contribution in [0.2, 0.25) is 0 Å². The zero-order chi connectivity index (χ0) is 14.7. The van der Waals surface area contributed by atoms with E-state index in [9.17, 15) is 9.59 Å². The summed E-state index contributed by atoms with van der Waals surface area (Å²) in [5.74, 6) is 0.323. The Hall–Kier alpha value is -1.88. The highest BCUT2D eigenvalue weighted by molar-refractivity contribution is 5.81. The van der Waals surface area contributed by atoms with Crippen LogP contribution in [0.5, 0.6) is 0 Å². The van der Waals surface area contributed by atoms with Gasteiger partial charge >= 0.3 is 0 Å². The highest BCUT2D eigenvalue weighted by atomic mass is 16.5. The number of benzene rings is 1. The van der Waals surface area contributed by atoms with Crippen molar-refractivity contribution in [2.75, 3.05) is 19.7 Å². The summed E-state index contributed by atoms with van der Waals surface area (Å²) < 4.78 is 5.50. The molecule has 1 aromatic carbocycles. The second kappa shape index (κ2) is 6.26. The Bertz CT molecular complexity index is 514. The highest BCUT2D eigenvalue weighted by Crippen LogP contribution is 2.28. The van der Waals surface area contributed by atoms with Gasteiger partial charge in [-0.3, -0.25) is 9.59 Å². The topological polar surface area (TPSA) is 58.6 Å². The van der Waals surface area contributed by atoms with E-state index in [1.165, 1.54) is 0 Å². The van der Waals surface area contributed by atoms with Crippen LogP contribution in [0.25, 0.3) is 0 Å². The number of nitrogens with one attached hydrogen (secondary N) is 1. The van der Waals surface area contributed by atoms with Gasteiger partial charge in [0.05, 0.1) is 6.10 Å². The largest absolute Gasteiger partial charge is 0.365 e. The van der Waals surface area contributed by atoms with Crippen molar-refractivity contribution in [2.24, 2.45) is 5.92 Å². The van der Waals surface area contributed by atoms with Crippen molar-refractivity contribution in [3.63, 3.8) is 0 Å². The van der Waals surface area contributed by atoms with Gasteiger partial charge in [-0.2, -0.15) is 0 Å². The van der Waals surface area contributed by atoms with Gasteiger partial charge in [-0.05, 0) is 18.4 Å². The van der Waals surface area contributed by atoms with E-state index in [-0.39, 0.29) is 30.4 Å². The fraction of sp³-hybridized carbons (Fsp3) is 0.500. The minimum absolute atomic E-state index is 0.00335. The summed E-state index contributed by atoms with van der Waals surface area (Å²) in [7, 11) is 0. The molecule has 1 atom stereocenters. The van der Waals surface area contributed by atoms with E-state index >= 15 is 0 Å². The van der Waals surface area contributed by atoms with Crippen LogP contribution in [0, 0.1) is 5.92 Å². The van der Waals surface area contributed by atoms with Gasteiger partial charge in [0.25, 0.3) is 0 Å². The minimum Gasteiger partial charge on any atom is -0.365 e. The van der Waals surface area contributed by atoms with E-state index in [2.05, 4.69) is 5.32 Å². The van der Waals surface area contributed by atoms with E-state index in [0.717, 1.165) is 18.4 Å². The van der Waals surface area contributed by atoms with Gasteiger partial charge in [0, 0.05) is 25.6 Å². The third-order valence-electron chi connectivity index (χ3n) is 3.89. The molecule has 21 heavy (non-hydrogen) atoms. The number of amides is 2. The van der Waals surface area contributed by atoms with Crippen LogP contribution in [-0.4, -0.2) is 42.5 Å². The molecule has 2 amide bonds. The van der Waals surface area contributed by atoms with E-state index in [1.54, 1.807) is 4.90 Å². The Morgan fingerprint density at radius 1 is 1.29 bits per heavy atom. The van der Waals surface area contributed by atoms with Crippen LogP contribution in [0.15, 0.2) is 30.3 Å². The Morgan fingerprint density at radius 2 is 2.05 bits per heavy atom. The molecular formula is C16H20N2O3. The maximum absolute atomic E-state index is 11.9. The first-order chi connectivity index (χ1) is 10.2. The van der Waals surface area contributed by atoms with E-state index in [1.807, 2.05) is 30.3 Å². The third kappa shape index (κ3) is 3.82. The maximum atomic E-state index is 11.9. The van der Waals surface area contributed by atoms with Crippen molar-refractivity contribution in [1.29, 1.82) is 0 Å². The summed E-state index contributed by atoms with van der Waals surface area (Å²) in [6, 6.07) is 9.90. The zero-order valence-electron chi connectivity index (χ0n) is 12.0. The second-order valence-electron chi connectivity index (χ2n) is 5.71. The Labute approximate surface area is 124 Å². The molecule has 1 aliphatic carbocycles. The summed E-state index contributed by atoms with van der Waals surface area (Å²) in [4.78, 5) is 25.4. The number of carbonyl (C=O) groups excluding carboxylic acids is 2. The molecule has 112 valence electrons. The monoisotopic (exact) mass is 288 g/mol. The van der Waals surface area contributed by atoms with Crippen molar-refractivity contribution < 1.29 is 14.3 Å². The molecule has 5 heteroatoms. The molecule has 1 unspecified atom stereocenters. The first kappa shape index (κ1) is 14.1. The van der Waals surface area contributed by atoms with Crippen LogP contribution in [0.3, 0.4) is 0 Å². The molecule has 0 aromatic heterocycles. The quantitative estimate of drug-likeness (QED) is 0.877. The summed E-state index contributed by atoms with van der Waals surface area (Å²) in [6.07, 6.45) is 1.88. The predicted molar refractivity (Wildman–Crippen MR) is 77.3 cm³/mol. The average Bonchev–Trinajstić information content (AvgIpc) is 3.33. The molecule has 0 spiro atoms. The molecule has 0 radical (unpaired) electrons. The van der Waals surface area contributed by atoms with Gasteiger partial charge < -0.3 is 15.0 Å². The SMILES string of the molecule is O=C(NCC1CN(Cc2ccccc2)C(=O)CO1)C1CC1. The fourth-order valence-corrected chi connectivity index (χ4v) is 2.47. The van der Waals surface area contributed by atoms with Crippen LogP contribution < -0.4 is 5.32 Å². The van der Waals surface area contributed by atoms with E-state index in [4.69, 9.17) is 4.74 Å². The van der Waals surface area contributed by atoms with Gasteiger partial charge in [0.2, 0.25) is 11.8 Å². The molecule has 1 heterocycles. The van der Waals surface area contributed by atoms with Crippen molar-refractivity contribution in [1.82, 2.24) is 10.2 Å². The Balaban J connectivity index is 1.51. The normalized spacial score (nSPS) is 22.2. The molecule has 1 saturated carbocycles. The van der Waals surface area contributed by atoms with Crippen molar-refractivity contribution >= 4 is 11.8 Å². The Morgan fingerprint density at radius 3 is 2.76 bits per heavy atom. The number of carbonyl (C=O) groups is 2. The van der Waals surface area contributed by atoms with Crippen molar-refractivity contribution in [2.45, 2.75) is 25.5 Å². The fourth-order valence-electron chi connectivity index (χ4n) is 2.47. The van der Waals surface area contributed by atoms with Crippen molar-refractivity contribution in [3.8, 4) is 0 Å². The van der Waals surface area contributed by atoms with Gasteiger partial charge in [0.15, 0.2) is 0 Å². The Kier molecular flexibility index (Phi) is 4.20. The molecule has 1 aliphatic heterocycles. The number of morpholine rings is 1. The maximum Gasteiger partial charge on any atom is 0.248 e. The molecule has 3 rings (SSSR count). The molecule has 1 aromatic rings. The number of hydrogen-bond donors (Lipinski definition) is 1. The van der Waals surface area contributed by atoms with Crippen LogP contribution in [-0.2, 0) is 20.9 Å². The summed E-state index contributed by atoms with van der Waals surface area (Å²) in [5.41, 5.74) is 1.11. The van der Waals surface area contributed by atoms with Crippen molar-refractivity contribution in [3.05, 3.63) is 35.9 Å². The number of rotatable bonds is 5. The molecule has 2 fully saturated rings. The lowest BCUT2D eigenvalue weighted by molar-refractivity contribution is -0.149. The second-order valence-corrected chi connectivity index (χ2v) is 5.71. The lowest BCUT2D eigenvalue weighted by Gasteiger charge is -2.33. The highest BCUT2D eigenvalue weighted by Gasteiger charge is 2.31. The number of hydrogen-bond acceptors (Lipinski definition) is 3. The molecule has 0 bridgehead atoms. The first-order valence-electron chi connectivity index (χ1n) is 7.43. The summed E-state index contributed by atoms with van der Waals surface area (Å²) in [5, 5.41) is 2.91. The first-order valence-corrected chi connectivity index (χ1v) is 7.43. The third-order valence-corrected chi connectivity index (χ3v) is 3.89. The summed E-state index contributed by atoms with van der Waals surface area (Å²) in [6.45, 7) is 1.69. The molecule has 5 nitrogen and oxygen atoms in total. The van der Waals surface area contributed by atoms with Gasteiger partial charge in [-0.1, -0.05) is 30.3 Å². The van der Waals surface area contributed by atoms with Gasteiger partial charge in [-0.15, -0.1) is 0 Å². The smallest absolute Gasteiger partial charge is 0.248 e.